The fourth-order valence-electron chi connectivity index (χ4n) is 2.36. The topological polar surface area (TPSA) is 46.5 Å². The second kappa shape index (κ2) is 6.96. The van der Waals surface area contributed by atoms with E-state index in [2.05, 4.69) is 0 Å². The van der Waals surface area contributed by atoms with E-state index in [0.717, 1.165) is 5.56 Å². The average molecular weight is 322 g/mol. The molecule has 3 aromatic rings. The van der Waals surface area contributed by atoms with Crippen molar-refractivity contribution in [3.63, 3.8) is 0 Å². The lowest BCUT2D eigenvalue weighted by atomic mass is 10.0. The van der Waals surface area contributed by atoms with E-state index in [-0.39, 0.29) is 23.7 Å². The van der Waals surface area contributed by atoms with Gasteiger partial charge in [0, 0.05) is 0 Å². The Kier molecular flexibility index (Phi) is 4.57. The van der Waals surface area contributed by atoms with Crippen LogP contribution in [-0.2, 0) is 6.61 Å². The molecule has 0 spiro atoms. The Balaban J connectivity index is 1.81. The number of rotatable bonds is 5. The van der Waals surface area contributed by atoms with Gasteiger partial charge in [-0.05, 0) is 41.0 Å². The van der Waals surface area contributed by atoms with Crippen molar-refractivity contribution in [1.82, 2.24) is 0 Å². The summed E-state index contributed by atoms with van der Waals surface area (Å²) in [7, 11) is 0. The first kappa shape index (κ1) is 15.7. The lowest BCUT2D eigenvalue weighted by molar-refractivity contribution is 0.112. The molecule has 0 amide bonds. The van der Waals surface area contributed by atoms with Crippen LogP contribution in [0.3, 0.4) is 0 Å². The smallest absolute Gasteiger partial charge is 0.165 e. The molecule has 120 valence electrons. The van der Waals surface area contributed by atoms with Crippen molar-refractivity contribution in [3.05, 3.63) is 83.7 Å². The summed E-state index contributed by atoms with van der Waals surface area (Å²) in [5, 5.41) is 9.53. The molecule has 0 saturated carbocycles. The molecule has 0 aliphatic rings. The van der Waals surface area contributed by atoms with Crippen LogP contribution in [0.25, 0.3) is 11.1 Å². The number of carbonyl (C=O) groups is 1. The van der Waals surface area contributed by atoms with Gasteiger partial charge in [-0.3, -0.25) is 4.79 Å². The minimum atomic E-state index is -0.482. The molecule has 0 heterocycles. The van der Waals surface area contributed by atoms with Gasteiger partial charge in [-0.1, -0.05) is 42.5 Å². The Morgan fingerprint density at radius 3 is 2.38 bits per heavy atom. The number of ether oxygens (including phenoxy) is 1. The van der Waals surface area contributed by atoms with Crippen molar-refractivity contribution in [2.24, 2.45) is 0 Å². The first-order valence-corrected chi connectivity index (χ1v) is 7.42. The molecule has 0 bridgehead atoms. The molecule has 1 N–H and O–H groups in total. The molecular formula is C20H15FO3. The van der Waals surface area contributed by atoms with Crippen LogP contribution in [0.1, 0.15) is 15.9 Å². The van der Waals surface area contributed by atoms with E-state index in [0.29, 0.717) is 17.4 Å². The zero-order valence-corrected chi connectivity index (χ0v) is 12.8. The van der Waals surface area contributed by atoms with Crippen LogP contribution >= 0.6 is 0 Å². The molecule has 3 aromatic carbocycles. The highest BCUT2D eigenvalue weighted by Crippen LogP contribution is 2.29. The Labute approximate surface area is 139 Å². The summed E-state index contributed by atoms with van der Waals surface area (Å²) in [4.78, 5) is 10.9. The van der Waals surface area contributed by atoms with E-state index < -0.39 is 5.82 Å². The molecule has 0 unspecified atom stereocenters. The summed E-state index contributed by atoms with van der Waals surface area (Å²) in [6.45, 7) is 0.283. The van der Waals surface area contributed by atoms with Gasteiger partial charge in [0.15, 0.2) is 17.9 Å². The first-order valence-electron chi connectivity index (χ1n) is 7.42. The van der Waals surface area contributed by atoms with Crippen LogP contribution in [0.15, 0.2) is 66.7 Å². The first-order chi connectivity index (χ1) is 11.7. The van der Waals surface area contributed by atoms with Gasteiger partial charge in [0.25, 0.3) is 0 Å². The lowest BCUT2D eigenvalue weighted by Gasteiger charge is -2.09. The predicted molar refractivity (Wildman–Crippen MR) is 89.7 cm³/mol. The van der Waals surface area contributed by atoms with Crippen LogP contribution in [0, 0.1) is 5.82 Å². The van der Waals surface area contributed by atoms with Crippen LogP contribution in [0.4, 0.5) is 4.39 Å². The molecule has 0 aliphatic carbocycles. The van der Waals surface area contributed by atoms with E-state index in [1.807, 2.05) is 30.3 Å². The number of halogens is 1. The summed E-state index contributed by atoms with van der Waals surface area (Å²) in [5.74, 6) is -0.418. The number of carbonyl (C=O) groups excluding carboxylic acids is 1. The van der Waals surface area contributed by atoms with E-state index in [1.165, 1.54) is 18.2 Å². The number of phenols is 1. The Morgan fingerprint density at radius 2 is 1.67 bits per heavy atom. The van der Waals surface area contributed by atoms with Crippen molar-refractivity contribution in [1.29, 1.82) is 0 Å². The maximum absolute atomic E-state index is 14.3. The molecule has 0 aromatic heterocycles. The zero-order chi connectivity index (χ0) is 16.9. The van der Waals surface area contributed by atoms with Crippen molar-refractivity contribution >= 4 is 6.29 Å². The molecule has 24 heavy (non-hydrogen) atoms. The van der Waals surface area contributed by atoms with Crippen LogP contribution in [0.2, 0.25) is 0 Å². The van der Waals surface area contributed by atoms with Gasteiger partial charge in [-0.25, -0.2) is 4.39 Å². The molecule has 0 atom stereocenters. The van der Waals surface area contributed by atoms with Crippen molar-refractivity contribution in [2.45, 2.75) is 6.61 Å². The molecule has 3 rings (SSSR count). The van der Waals surface area contributed by atoms with E-state index >= 15 is 0 Å². The molecule has 4 heteroatoms. The van der Waals surface area contributed by atoms with Gasteiger partial charge in [0.05, 0.1) is 5.56 Å². The SMILES string of the molecule is O=Cc1cc(-c2ccc(OCc3ccccc3)c(F)c2)ccc1O. The summed E-state index contributed by atoms with van der Waals surface area (Å²) >= 11 is 0. The van der Waals surface area contributed by atoms with Crippen LogP contribution < -0.4 is 4.74 Å². The van der Waals surface area contributed by atoms with Gasteiger partial charge in [0.2, 0.25) is 0 Å². The maximum Gasteiger partial charge on any atom is 0.165 e. The molecule has 3 nitrogen and oxygen atoms in total. The van der Waals surface area contributed by atoms with Gasteiger partial charge in [-0.15, -0.1) is 0 Å². The molecule has 0 aliphatic heterocycles. The second-order valence-electron chi connectivity index (χ2n) is 5.31. The zero-order valence-electron chi connectivity index (χ0n) is 12.8. The van der Waals surface area contributed by atoms with Crippen molar-refractivity contribution in [2.75, 3.05) is 0 Å². The summed E-state index contributed by atoms with van der Waals surface area (Å²) < 4.78 is 19.8. The normalized spacial score (nSPS) is 10.4. The van der Waals surface area contributed by atoms with Crippen LogP contribution in [0.5, 0.6) is 11.5 Å². The minimum absolute atomic E-state index is 0.1000. The fourth-order valence-corrected chi connectivity index (χ4v) is 2.36. The van der Waals surface area contributed by atoms with E-state index in [4.69, 9.17) is 4.74 Å². The molecular weight excluding hydrogens is 307 g/mol. The second-order valence-corrected chi connectivity index (χ2v) is 5.31. The highest BCUT2D eigenvalue weighted by Gasteiger charge is 2.09. The van der Waals surface area contributed by atoms with E-state index in [9.17, 15) is 14.3 Å². The number of aromatic hydroxyl groups is 1. The molecule has 0 radical (unpaired) electrons. The standard InChI is InChI=1S/C20H15FO3/c21-18-11-16(15-6-8-19(23)17(10-15)12-22)7-9-20(18)24-13-14-4-2-1-3-5-14/h1-12,23H,13H2. The number of phenolic OH excluding ortho intramolecular Hbond substituents is 1. The number of aldehydes is 1. The fraction of sp³-hybridized carbons (Fsp3) is 0.0500. The number of hydrogen-bond donors (Lipinski definition) is 1. The van der Waals surface area contributed by atoms with Gasteiger partial charge in [0.1, 0.15) is 12.4 Å². The quantitative estimate of drug-likeness (QED) is 0.699. The summed E-state index contributed by atoms with van der Waals surface area (Å²) in [6.07, 6.45) is 0.562. The van der Waals surface area contributed by atoms with Crippen molar-refractivity contribution < 1.29 is 19.0 Å². The third kappa shape index (κ3) is 3.43. The van der Waals surface area contributed by atoms with Gasteiger partial charge in [-0.2, -0.15) is 0 Å². The molecule has 0 fully saturated rings. The lowest BCUT2D eigenvalue weighted by Crippen LogP contribution is -1.97. The van der Waals surface area contributed by atoms with Gasteiger partial charge >= 0.3 is 0 Å². The molecule has 0 saturated heterocycles. The number of benzene rings is 3. The van der Waals surface area contributed by atoms with Crippen LogP contribution in [-0.4, -0.2) is 11.4 Å². The highest BCUT2D eigenvalue weighted by atomic mass is 19.1. The Bertz CT molecular complexity index is 860. The average Bonchev–Trinajstić information content (AvgIpc) is 2.62. The largest absolute Gasteiger partial charge is 0.507 e. The Hall–Kier alpha value is -3.14. The third-order valence-electron chi connectivity index (χ3n) is 3.66. The predicted octanol–water partition coefficient (Wildman–Crippen LogP) is 4.59. The Morgan fingerprint density at radius 1 is 0.958 bits per heavy atom. The number of hydrogen-bond acceptors (Lipinski definition) is 3. The summed E-state index contributed by atoms with van der Waals surface area (Å²) in [6, 6.07) is 18.7. The third-order valence-corrected chi connectivity index (χ3v) is 3.66. The van der Waals surface area contributed by atoms with Crippen molar-refractivity contribution in [3.8, 4) is 22.6 Å². The highest BCUT2D eigenvalue weighted by molar-refractivity contribution is 5.82. The summed E-state index contributed by atoms with van der Waals surface area (Å²) in [5.41, 5.74) is 2.36. The maximum atomic E-state index is 14.3. The van der Waals surface area contributed by atoms with Gasteiger partial charge < -0.3 is 9.84 Å². The minimum Gasteiger partial charge on any atom is -0.507 e. The monoisotopic (exact) mass is 322 g/mol. The van der Waals surface area contributed by atoms with E-state index in [1.54, 1.807) is 18.2 Å².